The molecule has 1 saturated heterocycles. The summed E-state index contributed by atoms with van der Waals surface area (Å²) < 4.78 is 6.21. The number of pyridine rings is 1. The van der Waals surface area contributed by atoms with Gasteiger partial charge in [0.05, 0.1) is 30.8 Å². The third-order valence-corrected chi connectivity index (χ3v) is 5.80. The first-order chi connectivity index (χ1) is 14.4. The molecule has 2 aliphatic heterocycles. The summed E-state index contributed by atoms with van der Waals surface area (Å²) in [5.74, 6) is 0.112. The van der Waals surface area contributed by atoms with Crippen molar-refractivity contribution in [2.24, 2.45) is 0 Å². The van der Waals surface area contributed by atoms with Crippen LogP contribution in [0.15, 0.2) is 42.6 Å². The second kappa shape index (κ2) is 8.44. The van der Waals surface area contributed by atoms with E-state index < -0.39 is 5.60 Å². The van der Waals surface area contributed by atoms with E-state index in [2.05, 4.69) is 10.3 Å². The zero-order valence-corrected chi connectivity index (χ0v) is 17.2. The fraction of sp³-hybridized carbons (Fsp3) is 0.364. The molecule has 1 aromatic heterocycles. The predicted octanol–water partition coefficient (Wildman–Crippen LogP) is 2.77. The van der Waals surface area contributed by atoms with Gasteiger partial charge in [-0.25, -0.2) is 0 Å². The number of ketones is 1. The molecule has 1 spiro atoms. The van der Waals surface area contributed by atoms with Gasteiger partial charge in [0.2, 0.25) is 11.8 Å². The SMILES string of the molecule is O=C(CN1CCC2(CCC1=O)CC(=O)c1cc(Cl)ccc1O2)NCc1ccccn1. The maximum atomic E-state index is 12.7. The Hall–Kier alpha value is -2.93. The van der Waals surface area contributed by atoms with Gasteiger partial charge in [-0.2, -0.15) is 0 Å². The molecule has 0 radical (unpaired) electrons. The smallest absolute Gasteiger partial charge is 0.239 e. The van der Waals surface area contributed by atoms with Crippen molar-refractivity contribution in [3.63, 3.8) is 0 Å². The predicted molar refractivity (Wildman–Crippen MR) is 110 cm³/mol. The van der Waals surface area contributed by atoms with Gasteiger partial charge in [0, 0.05) is 30.6 Å². The van der Waals surface area contributed by atoms with Crippen LogP contribution in [0, 0.1) is 0 Å². The number of hydrogen-bond acceptors (Lipinski definition) is 5. The number of rotatable bonds is 4. The molecule has 8 heteroatoms. The Morgan fingerprint density at radius 2 is 2.10 bits per heavy atom. The maximum Gasteiger partial charge on any atom is 0.239 e. The zero-order chi connectivity index (χ0) is 21.1. The number of fused-ring (bicyclic) bond motifs is 1. The van der Waals surface area contributed by atoms with Gasteiger partial charge in [-0.05, 0) is 36.8 Å². The summed E-state index contributed by atoms with van der Waals surface area (Å²) >= 11 is 6.00. The summed E-state index contributed by atoms with van der Waals surface area (Å²) in [7, 11) is 0. The fourth-order valence-electron chi connectivity index (χ4n) is 3.91. The van der Waals surface area contributed by atoms with Gasteiger partial charge in [-0.15, -0.1) is 0 Å². The fourth-order valence-corrected chi connectivity index (χ4v) is 4.09. The van der Waals surface area contributed by atoms with Crippen LogP contribution >= 0.6 is 11.6 Å². The molecule has 30 heavy (non-hydrogen) atoms. The second-order valence-electron chi connectivity index (χ2n) is 7.69. The Bertz CT molecular complexity index is 982. The van der Waals surface area contributed by atoms with E-state index in [1.165, 1.54) is 4.90 Å². The van der Waals surface area contributed by atoms with Gasteiger partial charge in [-0.1, -0.05) is 17.7 Å². The van der Waals surface area contributed by atoms with Gasteiger partial charge in [0.15, 0.2) is 5.78 Å². The molecule has 1 unspecified atom stereocenters. The number of nitrogens with one attached hydrogen (secondary N) is 1. The minimum Gasteiger partial charge on any atom is -0.486 e. The van der Waals surface area contributed by atoms with Gasteiger partial charge >= 0.3 is 0 Å². The summed E-state index contributed by atoms with van der Waals surface area (Å²) in [5, 5.41) is 3.28. The number of amides is 2. The molecule has 156 valence electrons. The van der Waals surface area contributed by atoms with Crippen molar-refractivity contribution in [1.29, 1.82) is 0 Å². The highest BCUT2D eigenvalue weighted by molar-refractivity contribution is 6.31. The summed E-state index contributed by atoms with van der Waals surface area (Å²) in [6.45, 7) is 0.635. The summed E-state index contributed by atoms with van der Waals surface area (Å²) in [5.41, 5.74) is 0.501. The molecule has 2 amide bonds. The molecular weight excluding hydrogens is 406 g/mol. The molecule has 2 aromatic rings. The van der Waals surface area contributed by atoms with Crippen molar-refractivity contribution in [1.82, 2.24) is 15.2 Å². The van der Waals surface area contributed by atoms with Crippen LogP contribution in [0.3, 0.4) is 0 Å². The molecule has 0 aliphatic carbocycles. The van der Waals surface area contributed by atoms with E-state index in [9.17, 15) is 14.4 Å². The summed E-state index contributed by atoms with van der Waals surface area (Å²) in [6, 6.07) is 10.5. The normalized spacial score (nSPS) is 21.0. The van der Waals surface area contributed by atoms with Crippen molar-refractivity contribution in [3.05, 3.63) is 58.9 Å². The number of aromatic nitrogens is 1. The summed E-state index contributed by atoms with van der Waals surface area (Å²) in [6.07, 6.45) is 3.01. The first-order valence-electron chi connectivity index (χ1n) is 9.90. The highest BCUT2D eigenvalue weighted by atomic mass is 35.5. The first-order valence-corrected chi connectivity index (χ1v) is 10.3. The van der Waals surface area contributed by atoms with Gasteiger partial charge < -0.3 is 15.0 Å². The number of Topliss-reactive ketones (excluding diaryl/α,β-unsaturated/α-hetero) is 1. The van der Waals surface area contributed by atoms with E-state index in [0.717, 1.165) is 5.69 Å². The van der Waals surface area contributed by atoms with Crippen molar-refractivity contribution in [3.8, 4) is 5.75 Å². The van der Waals surface area contributed by atoms with E-state index in [0.29, 0.717) is 42.3 Å². The highest BCUT2D eigenvalue weighted by Crippen LogP contribution is 2.40. The van der Waals surface area contributed by atoms with Crippen LogP contribution in [-0.2, 0) is 16.1 Å². The Labute approximate surface area is 179 Å². The topological polar surface area (TPSA) is 88.6 Å². The molecule has 0 saturated carbocycles. The van der Waals surface area contributed by atoms with Crippen molar-refractivity contribution in [2.45, 2.75) is 37.8 Å². The summed E-state index contributed by atoms with van der Waals surface area (Å²) in [4.78, 5) is 43.3. The molecule has 1 atom stereocenters. The van der Waals surface area contributed by atoms with E-state index in [1.54, 1.807) is 24.4 Å². The number of ether oxygens (including phenoxy) is 1. The van der Waals surface area contributed by atoms with Crippen LogP contribution in [0.25, 0.3) is 0 Å². The van der Waals surface area contributed by atoms with Crippen molar-refractivity contribution in [2.75, 3.05) is 13.1 Å². The van der Waals surface area contributed by atoms with Crippen LogP contribution in [0.2, 0.25) is 5.02 Å². The lowest BCUT2D eigenvalue weighted by Gasteiger charge is -2.37. The number of likely N-dealkylation sites (tertiary alicyclic amines) is 1. The highest BCUT2D eigenvalue weighted by Gasteiger charge is 2.43. The van der Waals surface area contributed by atoms with Crippen LogP contribution in [0.5, 0.6) is 5.75 Å². The number of nitrogens with zero attached hydrogens (tertiary/aromatic N) is 2. The van der Waals surface area contributed by atoms with Crippen LogP contribution in [-0.4, -0.2) is 46.2 Å². The van der Waals surface area contributed by atoms with Crippen molar-refractivity contribution >= 4 is 29.2 Å². The lowest BCUT2D eigenvalue weighted by molar-refractivity contribution is -0.135. The second-order valence-corrected chi connectivity index (χ2v) is 8.13. The number of halogens is 1. The molecule has 1 aromatic carbocycles. The van der Waals surface area contributed by atoms with Crippen LogP contribution < -0.4 is 10.1 Å². The Balaban J connectivity index is 1.39. The number of hydrogen-bond donors (Lipinski definition) is 1. The van der Waals surface area contributed by atoms with Crippen LogP contribution in [0.1, 0.15) is 41.7 Å². The number of carbonyl (C=O) groups excluding carboxylic acids is 3. The van der Waals surface area contributed by atoms with E-state index >= 15 is 0 Å². The third-order valence-electron chi connectivity index (χ3n) is 5.56. The lowest BCUT2D eigenvalue weighted by Crippen LogP contribution is -2.44. The minimum atomic E-state index is -0.729. The van der Waals surface area contributed by atoms with E-state index in [4.69, 9.17) is 16.3 Å². The molecule has 3 heterocycles. The van der Waals surface area contributed by atoms with Gasteiger partial charge in [0.25, 0.3) is 0 Å². The van der Waals surface area contributed by atoms with Crippen LogP contribution in [0.4, 0.5) is 0 Å². The third kappa shape index (κ3) is 4.46. The average Bonchev–Trinajstić information content (AvgIpc) is 2.88. The zero-order valence-electron chi connectivity index (χ0n) is 16.4. The standard InChI is InChI=1S/C22H22ClN3O4/c23-15-4-5-19-17(11-15)18(27)12-22(30-19)7-6-21(29)26(10-8-22)14-20(28)25-13-16-3-1-2-9-24-16/h1-5,9,11H,6-8,10,12-14H2,(H,25,28). The van der Waals surface area contributed by atoms with E-state index in [1.807, 2.05) is 18.2 Å². The Morgan fingerprint density at radius 3 is 2.90 bits per heavy atom. The van der Waals surface area contributed by atoms with E-state index in [-0.39, 0.29) is 37.0 Å². The lowest BCUT2D eigenvalue weighted by atomic mass is 9.84. The molecule has 0 bridgehead atoms. The van der Waals surface area contributed by atoms with Crippen molar-refractivity contribution < 1.29 is 19.1 Å². The monoisotopic (exact) mass is 427 g/mol. The quantitative estimate of drug-likeness (QED) is 0.810. The number of benzene rings is 1. The number of carbonyl (C=O) groups is 3. The first kappa shape index (κ1) is 20.3. The molecule has 1 fully saturated rings. The minimum absolute atomic E-state index is 0.0259. The van der Waals surface area contributed by atoms with Gasteiger partial charge in [0.1, 0.15) is 11.4 Å². The molecule has 2 aliphatic rings. The largest absolute Gasteiger partial charge is 0.486 e. The Morgan fingerprint density at radius 1 is 1.23 bits per heavy atom. The molecule has 4 rings (SSSR count). The average molecular weight is 428 g/mol. The molecule has 1 N–H and O–H groups in total. The maximum absolute atomic E-state index is 12.7. The molecular formula is C22H22ClN3O4. The molecule has 7 nitrogen and oxygen atoms in total. The van der Waals surface area contributed by atoms with Gasteiger partial charge in [-0.3, -0.25) is 19.4 Å². The Kier molecular flexibility index (Phi) is 5.72.